The van der Waals surface area contributed by atoms with Crippen LogP contribution in [0.1, 0.15) is 26.1 Å². The monoisotopic (exact) mass is 412 g/mol. The molecule has 0 fully saturated rings. The topological polar surface area (TPSA) is 83.2 Å². The third-order valence-corrected chi connectivity index (χ3v) is 6.61. The van der Waals surface area contributed by atoms with E-state index < -0.39 is 5.97 Å². The number of nitriles is 1. The summed E-state index contributed by atoms with van der Waals surface area (Å²) in [6.07, 6.45) is 0. The number of carboxylic acid groups (broad SMARTS) is 1. The molecule has 3 aromatic rings. The number of hydrogen-bond acceptors (Lipinski definition) is 4. The third kappa shape index (κ3) is 3.27. The van der Waals surface area contributed by atoms with Gasteiger partial charge in [0.1, 0.15) is 0 Å². The molecule has 0 bridgehead atoms. The second kappa shape index (κ2) is 7.17. The van der Waals surface area contributed by atoms with Gasteiger partial charge >= 0.3 is 157 Å². The van der Waals surface area contributed by atoms with Crippen molar-refractivity contribution < 1.29 is 14.6 Å². The van der Waals surface area contributed by atoms with E-state index in [2.05, 4.69) is 11.1 Å². The Kier molecular flexibility index (Phi) is 4.94. The first kappa shape index (κ1) is 17.9. The summed E-state index contributed by atoms with van der Waals surface area (Å²) in [5, 5.41) is 18.9. The molecule has 0 saturated carbocycles. The van der Waals surface area contributed by atoms with Crippen LogP contribution in [0.25, 0.3) is 21.3 Å². The summed E-state index contributed by atoms with van der Waals surface area (Å²) in [5.74, 6) is -0.153. The number of ether oxygens (including phenoxy) is 1. The van der Waals surface area contributed by atoms with Gasteiger partial charge in [-0.15, -0.1) is 0 Å². The summed E-state index contributed by atoms with van der Waals surface area (Å²) < 4.78 is 6.34. The van der Waals surface area contributed by atoms with E-state index in [0.717, 1.165) is 32.6 Å². The van der Waals surface area contributed by atoms with Crippen LogP contribution in [0, 0.1) is 25.2 Å². The molecule has 0 saturated heterocycles. The Morgan fingerprint density at radius 1 is 1.19 bits per heavy atom. The standard InChI is InChI=1S/C20H16N2O3Se/c1-11-8-15(25-3)5-7-16(11)17-6-4-13(9-14(17)10-21)19-22-12(2)18(26-19)20(23)24/h4-9H,1-3H3,(H,23,24). The molecular formula is C20H16N2O3Se. The van der Waals surface area contributed by atoms with Gasteiger partial charge in [-0.3, -0.25) is 0 Å². The second-order valence-corrected chi connectivity index (χ2v) is 7.89. The van der Waals surface area contributed by atoms with Gasteiger partial charge in [0.05, 0.1) is 0 Å². The van der Waals surface area contributed by atoms with Crippen LogP contribution in [-0.4, -0.2) is 37.7 Å². The average molecular weight is 411 g/mol. The molecule has 1 N–H and O–H groups in total. The van der Waals surface area contributed by atoms with Gasteiger partial charge in [-0.25, -0.2) is 0 Å². The van der Waals surface area contributed by atoms with Crippen molar-refractivity contribution in [2.24, 2.45) is 0 Å². The first-order valence-electron chi connectivity index (χ1n) is 7.85. The Morgan fingerprint density at radius 3 is 2.50 bits per heavy atom. The Labute approximate surface area is 157 Å². The summed E-state index contributed by atoms with van der Waals surface area (Å²) in [5.41, 5.74) is 4.70. The average Bonchev–Trinajstić information content (AvgIpc) is 3.03. The van der Waals surface area contributed by atoms with Gasteiger partial charge in [0.15, 0.2) is 0 Å². The fourth-order valence-electron chi connectivity index (χ4n) is 2.79. The molecule has 1 aromatic heterocycles. The van der Waals surface area contributed by atoms with Gasteiger partial charge < -0.3 is 0 Å². The van der Waals surface area contributed by atoms with E-state index in [0.29, 0.717) is 15.7 Å². The first-order valence-corrected chi connectivity index (χ1v) is 9.56. The summed E-state index contributed by atoms with van der Waals surface area (Å²) >= 11 is -0.361. The van der Waals surface area contributed by atoms with Crippen LogP contribution in [0.4, 0.5) is 0 Å². The number of carboxylic acids is 1. The molecule has 26 heavy (non-hydrogen) atoms. The first-order chi connectivity index (χ1) is 12.4. The van der Waals surface area contributed by atoms with E-state index >= 15 is 0 Å². The molecule has 0 aliphatic heterocycles. The molecule has 0 amide bonds. The van der Waals surface area contributed by atoms with E-state index in [1.165, 1.54) is 0 Å². The van der Waals surface area contributed by atoms with Gasteiger partial charge in [0, 0.05) is 0 Å². The molecule has 0 unspecified atom stereocenters. The molecule has 130 valence electrons. The van der Waals surface area contributed by atoms with E-state index in [9.17, 15) is 15.2 Å². The second-order valence-electron chi connectivity index (χ2n) is 5.79. The maximum absolute atomic E-state index is 11.3. The zero-order chi connectivity index (χ0) is 18.8. The van der Waals surface area contributed by atoms with Gasteiger partial charge in [0.2, 0.25) is 0 Å². The molecule has 3 rings (SSSR count). The number of aryl methyl sites for hydroxylation is 2. The number of aromatic nitrogens is 1. The van der Waals surface area contributed by atoms with E-state index in [4.69, 9.17) is 4.74 Å². The quantitative estimate of drug-likeness (QED) is 0.663. The molecule has 2 aromatic carbocycles. The molecule has 0 atom stereocenters. The van der Waals surface area contributed by atoms with Crippen LogP contribution < -0.4 is 4.74 Å². The maximum atomic E-state index is 11.3. The predicted molar refractivity (Wildman–Crippen MR) is 99.7 cm³/mol. The molecule has 0 radical (unpaired) electrons. The zero-order valence-corrected chi connectivity index (χ0v) is 16.2. The summed E-state index contributed by atoms with van der Waals surface area (Å²) in [4.78, 5) is 15.7. The van der Waals surface area contributed by atoms with E-state index in [-0.39, 0.29) is 14.5 Å². The van der Waals surface area contributed by atoms with Crippen molar-refractivity contribution in [3.63, 3.8) is 0 Å². The number of benzene rings is 2. The van der Waals surface area contributed by atoms with Crippen LogP contribution >= 0.6 is 0 Å². The number of rotatable bonds is 4. The fraction of sp³-hybridized carbons (Fsp3) is 0.150. The van der Waals surface area contributed by atoms with Crippen LogP contribution in [0.3, 0.4) is 0 Å². The molecule has 1 heterocycles. The Bertz CT molecular complexity index is 1050. The zero-order valence-electron chi connectivity index (χ0n) is 14.5. The number of nitrogens with zero attached hydrogens (tertiary/aromatic N) is 2. The summed E-state index contributed by atoms with van der Waals surface area (Å²) in [6.45, 7) is 3.68. The van der Waals surface area contributed by atoms with Gasteiger partial charge in [-0.2, -0.15) is 0 Å². The molecule has 6 heteroatoms. The van der Waals surface area contributed by atoms with E-state index in [1.54, 1.807) is 20.1 Å². The van der Waals surface area contributed by atoms with Crippen molar-refractivity contribution in [1.29, 1.82) is 5.26 Å². The van der Waals surface area contributed by atoms with Crippen LogP contribution in [0.2, 0.25) is 0 Å². The van der Waals surface area contributed by atoms with Crippen LogP contribution in [0.5, 0.6) is 5.75 Å². The van der Waals surface area contributed by atoms with Gasteiger partial charge in [-0.1, -0.05) is 0 Å². The molecule has 0 spiro atoms. The minimum atomic E-state index is -0.924. The Morgan fingerprint density at radius 2 is 1.92 bits per heavy atom. The van der Waals surface area contributed by atoms with Crippen molar-refractivity contribution >= 4 is 20.5 Å². The van der Waals surface area contributed by atoms with Crippen molar-refractivity contribution in [3.8, 4) is 33.1 Å². The predicted octanol–water partition coefficient (Wildman–Crippen LogP) is 3.67. The number of hydrogen-bond donors (Lipinski definition) is 1. The third-order valence-electron chi connectivity index (χ3n) is 4.10. The Hall–Kier alpha value is -2.87. The summed E-state index contributed by atoms with van der Waals surface area (Å²) in [6, 6.07) is 13.6. The van der Waals surface area contributed by atoms with Crippen molar-refractivity contribution in [1.82, 2.24) is 4.98 Å². The van der Waals surface area contributed by atoms with Crippen LogP contribution in [-0.2, 0) is 0 Å². The number of carbonyl (C=O) groups is 1. The van der Waals surface area contributed by atoms with E-state index in [1.807, 2.05) is 37.3 Å². The van der Waals surface area contributed by atoms with Crippen molar-refractivity contribution in [3.05, 3.63) is 57.7 Å². The summed E-state index contributed by atoms with van der Waals surface area (Å²) in [7, 11) is 1.62. The van der Waals surface area contributed by atoms with Crippen molar-refractivity contribution in [2.45, 2.75) is 13.8 Å². The molecule has 5 nitrogen and oxygen atoms in total. The minimum absolute atomic E-state index is 0.361. The SMILES string of the molecule is COc1ccc(-c2ccc(-c3nc(C)c(C(=O)O)[se]3)cc2C#N)c(C)c1. The Balaban J connectivity index is 2.08. The molecule has 0 aliphatic rings. The van der Waals surface area contributed by atoms with Gasteiger partial charge in [0.25, 0.3) is 0 Å². The van der Waals surface area contributed by atoms with Gasteiger partial charge in [-0.05, 0) is 0 Å². The fourth-order valence-corrected chi connectivity index (χ4v) is 4.68. The van der Waals surface area contributed by atoms with Crippen molar-refractivity contribution in [2.75, 3.05) is 7.11 Å². The molecule has 0 aliphatic carbocycles. The number of aromatic carboxylic acids is 1. The molecular weight excluding hydrogens is 395 g/mol. The van der Waals surface area contributed by atoms with Crippen LogP contribution in [0.15, 0.2) is 36.4 Å². The normalized spacial score (nSPS) is 10.4. The number of methoxy groups -OCH3 is 1.